The van der Waals surface area contributed by atoms with E-state index in [1.54, 1.807) is 0 Å². The molecule has 0 heterocycles. The molecule has 98 valence electrons. The molecule has 0 amide bonds. The highest BCUT2D eigenvalue weighted by Gasteiger charge is 1.99. The van der Waals surface area contributed by atoms with Crippen molar-refractivity contribution < 1.29 is 4.79 Å². The summed E-state index contributed by atoms with van der Waals surface area (Å²) >= 11 is 0. The van der Waals surface area contributed by atoms with Crippen molar-refractivity contribution in [3.63, 3.8) is 0 Å². The van der Waals surface area contributed by atoms with E-state index in [1.165, 1.54) is 30.4 Å². The maximum absolute atomic E-state index is 10.2. The maximum Gasteiger partial charge on any atom is 0.120 e. The standard InChI is InChI=1S/C16H28O/c1-14(2)8-5-9-15(3)10-6-11-16(4)12-7-13-17/h8,11,13,15H,5-7,9-10,12H2,1-4H3. The van der Waals surface area contributed by atoms with Crippen molar-refractivity contribution in [3.8, 4) is 0 Å². The number of hydrogen-bond donors (Lipinski definition) is 0. The van der Waals surface area contributed by atoms with Gasteiger partial charge in [0.1, 0.15) is 6.29 Å². The third-order valence-electron chi connectivity index (χ3n) is 3.02. The first-order valence-corrected chi connectivity index (χ1v) is 6.79. The normalized spacial score (nSPS) is 13.3. The van der Waals surface area contributed by atoms with E-state index in [2.05, 4.69) is 39.8 Å². The molecular formula is C16H28O. The lowest BCUT2D eigenvalue weighted by atomic mass is 9.98. The molecule has 0 aromatic heterocycles. The number of hydrogen-bond acceptors (Lipinski definition) is 1. The highest BCUT2D eigenvalue weighted by molar-refractivity contribution is 5.49. The van der Waals surface area contributed by atoms with Crippen LogP contribution in [0.3, 0.4) is 0 Å². The number of carbonyl (C=O) groups is 1. The quantitative estimate of drug-likeness (QED) is 0.403. The van der Waals surface area contributed by atoms with Gasteiger partial charge in [-0.05, 0) is 58.8 Å². The Morgan fingerprint density at radius 3 is 2.12 bits per heavy atom. The van der Waals surface area contributed by atoms with Crippen LogP contribution in [0.25, 0.3) is 0 Å². The number of rotatable bonds is 9. The Hall–Kier alpha value is -0.850. The summed E-state index contributed by atoms with van der Waals surface area (Å²) in [7, 11) is 0. The van der Waals surface area contributed by atoms with Gasteiger partial charge in [0.2, 0.25) is 0 Å². The number of aldehydes is 1. The van der Waals surface area contributed by atoms with Crippen LogP contribution < -0.4 is 0 Å². The summed E-state index contributed by atoms with van der Waals surface area (Å²) in [5, 5.41) is 0. The summed E-state index contributed by atoms with van der Waals surface area (Å²) in [4.78, 5) is 10.2. The van der Waals surface area contributed by atoms with Gasteiger partial charge in [-0.1, -0.05) is 30.2 Å². The fraction of sp³-hybridized carbons (Fsp3) is 0.688. The summed E-state index contributed by atoms with van der Waals surface area (Å²) in [5.74, 6) is 0.792. The Morgan fingerprint density at radius 1 is 1.00 bits per heavy atom. The molecule has 0 radical (unpaired) electrons. The van der Waals surface area contributed by atoms with E-state index in [4.69, 9.17) is 0 Å². The third-order valence-corrected chi connectivity index (χ3v) is 3.02. The van der Waals surface area contributed by atoms with Crippen molar-refractivity contribution in [2.24, 2.45) is 5.92 Å². The lowest BCUT2D eigenvalue weighted by molar-refractivity contribution is -0.107. The zero-order valence-electron chi connectivity index (χ0n) is 12.0. The van der Waals surface area contributed by atoms with Crippen LogP contribution in [0, 0.1) is 5.92 Å². The van der Waals surface area contributed by atoms with Crippen molar-refractivity contribution in [1.82, 2.24) is 0 Å². The molecule has 0 bridgehead atoms. The van der Waals surface area contributed by atoms with Crippen molar-refractivity contribution in [2.75, 3.05) is 0 Å². The van der Waals surface area contributed by atoms with Crippen LogP contribution in [0.4, 0.5) is 0 Å². The van der Waals surface area contributed by atoms with Gasteiger partial charge < -0.3 is 4.79 Å². The van der Waals surface area contributed by atoms with Crippen molar-refractivity contribution >= 4 is 6.29 Å². The Morgan fingerprint density at radius 2 is 1.59 bits per heavy atom. The molecule has 1 heteroatoms. The van der Waals surface area contributed by atoms with Crippen LogP contribution in [0.15, 0.2) is 23.3 Å². The van der Waals surface area contributed by atoms with E-state index in [0.29, 0.717) is 6.42 Å². The maximum atomic E-state index is 10.2. The highest BCUT2D eigenvalue weighted by Crippen LogP contribution is 2.15. The van der Waals surface area contributed by atoms with Gasteiger partial charge in [-0.2, -0.15) is 0 Å². The minimum Gasteiger partial charge on any atom is -0.303 e. The van der Waals surface area contributed by atoms with Gasteiger partial charge in [0.15, 0.2) is 0 Å². The van der Waals surface area contributed by atoms with Gasteiger partial charge in [0, 0.05) is 6.42 Å². The minimum atomic E-state index is 0.665. The fourth-order valence-electron chi connectivity index (χ4n) is 1.80. The molecule has 1 nitrogen and oxygen atoms in total. The molecule has 0 fully saturated rings. The third kappa shape index (κ3) is 11.4. The molecule has 0 spiro atoms. The Kier molecular flexibility index (Phi) is 9.80. The zero-order valence-corrected chi connectivity index (χ0v) is 12.0. The van der Waals surface area contributed by atoms with E-state index >= 15 is 0 Å². The molecule has 0 saturated heterocycles. The van der Waals surface area contributed by atoms with Crippen LogP contribution >= 0.6 is 0 Å². The van der Waals surface area contributed by atoms with Crippen LogP contribution in [0.1, 0.15) is 66.2 Å². The first-order valence-electron chi connectivity index (χ1n) is 6.79. The topological polar surface area (TPSA) is 17.1 Å². The molecule has 1 atom stereocenters. The number of allylic oxidation sites excluding steroid dienone is 4. The second-order valence-corrected chi connectivity index (χ2v) is 5.30. The van der Waals surface area contributed by atoms with Gasteiger partial charge in [-0.15, -0.1) is 0 Å². The molecule has 0 aromatic rings. The first-order chi connectivity index (χ1) is 8.06. The summed E-state index contributed by atoms with van der Waals surface area (Å²) in [6, 6.07) is 0. The zero-order chi connectivity index (χ0) is 13.1. The highest BCUT2D eigenvalue weighted by atomic mass is 16.1. The van der Waals surface area contributed by atoms with E-state index in [9.17, 15) is 4.79 Å². The van der Waals surface area contributed by atoms with Gasteiger partial charge in [0.25, 0.3) is 0 Å². The van der Waals surface area contributed by atoms with Crippen LogP contribution in [0.2, 0.25) is 0 Å². The van der Waals surface area contributed by atoms with Gasteiger partial charge in [0.05, 0.1) is 0 Å². The molecule has 1 unspecified atom stereocenters. The van der Waals surface area contributed by atoms with Crippen LogP contribution in [0.5, 0.6) is 0 Å². The summed E-state index contributed by atoms with van der Waals surface area (Å²) in [6.07, 6.45) is 12.1. The lowest BCUT2D eigenvalue weighted by Gasteiger charge is -2.08. The monoisotopic (exact) mass is 236 g/mol. The Labute approximate surface area is 107 Å². The Balaban J connectivity index is 3.65. The largest absolute Gasteiger partial charge is 0.303 e. The molecule has 0 saturated carbocycles. The molecule has 0 rings (SSSR count). The molecule has 0 aliphatic heterocycles. The minimum absolute atomic E-state index is 0.665. The van der Waals surface area contributed by atoms with Crippen LogP contribution in [-0.4, -0.2) is 6.29 Å². The van der Waals surface area contributed by atoms with Crippen LogP contribution in [-0.2, 0) is 4.79 Å². The second kappa shape index (κ2) is 10.3. The first kappa shape index (κ1) is 16.1. The van der Waals surface area contributed by atoms with E-state index in [0.717, 1.165) is 25.0 Å². The predicted octanol–water partition coefficient (Wildman–Crippen LogP) is 5.07. The van der Waals surface area contributed by atoms with Crippen molar-refractivity contribution in [2.45, 2.75) is 66.2 Å². The van der Waals surface area contributed by atoms with Crippen molar-refractivity contribution in [3.05, 3.63) is 23.3 Å². The SMILES string of the molecule is CC(C)=CCCC(C)CCC=C(C)CCC=O. The average molecular weight is 236 g/mol. The fourth-order valence-corrected chi connectivity index (χ4v) is 1.80. The molecule has 17 heavy (non-hydrogen) atoms. The summed E-state index contributed by atoms with van der Waals surface area (Å²) in [6.45, 7) is 8.76. The molecule has 0 N–H and O–H groups in total. The Bertz CT molecular complexity index is 257. The van der Waals surface area contributed by atoms with E-state index in [-0.39, 0.29) is 0 Å². The summed E-state index contributed by atoms with van der Waals surface area (Å²) < 4.78 is 0. The molecule has 0 aromatic carbocycles. The molecule has 0 aliphatic rings. The van der Waals surface area contributed by atoms with E-state index < -0.39 is 0 Å². The van der Waals surface area contributed by atoms with Crippen molar-refractivity contribution in [1.29, 1.82) is 0 Å². The smallest absolute Gasteiger partial charge is 0.120 e. The summed E-state index contributed by atoms with van der Waals surface area (Å²) in [5.41, 5.74) is 2.77. The lowest BCUT2D eigenvalue weighted by Crippen LogP contribution is -1.93. The van der Waals surface area contributed by atoms with Gasteiger partial charge in [-0.25, -0.2) is 0 Å². The van der Waals surface area contributed by atoms with Gasteiger partial charge >= 0.3 is 0 Å². The second-order valence-electron chi connectivity index (χ2n) is 5.30. The van der Waals surface area contributed by atoms with Gasteiger partial charge in [-0.3, -0.25) is 0 Å². The molecule has 0 aliphatic carbocycles. The average Bonchev–Trinajstić information content (AvgIpc) is 2.25. The number of carbonyl (C=O) groups excluding carboxylic acids is 1. The van der Waals surface area contributed by atoms with E-state index in [1.807, 2.05) is 0 Å². The predicted molar refractivity (Wildman–Crippen MR) is 76.1 cm³/mol. The molecular weight excluding hydrogens is 208 g/mol.